The molecule has 0 spiro atoms. The number of anilines is 1. The van der Waals surface area contributed by atoms with Gasteiger partial charge in [0.1, 0.15) is 28.0 Å². The van der Waals surface area contributed by atoms with Gasteiger partial charge in [-0.25, -0.2) is 18.1 Å². The van der Waals surface area contributed by atoms with E-state index in [1.807, 2.05) is 54.6 Å². The molecule has 6 rings (SSSR count). The Morgan fingerprint density at radius 3 is 2.36 bits per heavy atom. The summed E-state index contributed by atoms with van der Waals surface area (Å²) in [6.07, 6.45) is 6.34. The number of carboxylic acid groups (broad SMARTS) is 1. The van der Waals surface area contributed by atoms with Crippen LogP contribution < -0.4 is 30.1 Å². The number of para-hydroxylation sites is 1. The molecule has 1 aromatic heterocycles. The topological polar surface area (TPSA) is 202 Å². The molecule has 3 aromatic carbocycles. The van der Waals surface area contributed by atoms with Crippen LogP contribution in [-0.2, 0) is 29.2 Å². The number of rotatable bonds is 20. The second-order valence-corrected chi connectivity index (χ2v) is 16.3. The Balaban J connectivity index is 1.06. The second-order valence-electron chi connectivity index (χ2n) is 14.7. The monoisotopic (exact) mass is 811 g/mol. The van der Waals surface area contributed by atoms with Gasteiger partial charge in [0.15, 0.2) is 0 Å². The first-order chi connectivity index (χ1) is 27.9. The minimum absolute atomic E-state index is 0.0221. The zero-order valence-electron chi connectivity index (χ0n) is 32.4. The Bertz CT molecular complexity index is 2270. The van der Waals surface area contributed by atoms with E-state index >= 15 is 0 Å². The maximum atomic E-state index is 13.8. The van der Waals surface area contributed by atoms with Gasteiger partial charge in [0.25, 0.3) is 15.9 Å². The van der Waals surface area contributed by atoms with E-state index in [0.717, 1.165) is 36.6 Å². The molecule has 306 valence electrons. The minimum atomic E-state index is -4.49. The van der Waals surface area contributed by atoms with E-state index in [0.29, 0.717) is 42.1 Å². The Labute approximate surface area is 337 Å². The highest BCUT2D eigenvalue weighted by Gasteiger charge is 2.61. The molecule has 4 atom stereocenters. The lowest BCUT2D eigenvalue weighted by atomic mass is 10.1. The number of carbonyl (C=O) groups excluding carboxylic acids is 3. The minimum Gasteiger partial charge on any atom is -0.497 e. The average Bonchev–Trinajstić information content (AvgIpc) is 3.73. The zero-order valence-corrected chi connectivity index (χ0v) is 33.2. The number of nitrogens with zero attached hydrogens (tertiary/aromatic N) is 1. The first-order valence-corrected chi connectivity index (χ1v) is 21.0. The number of unbranched alkanes of at least 4 members (excludes halogenated alkanes) is 5. The van der Waals surface area contributed by atoms with Crippen molar-refractivity contribution in [2.24, 2.45) is 5.92 Å². The summed E-state index contributed by atoms with van der Waals surface area (Å²) in [6.45, 7) is 4.13. The Hall–Kier alpha value is -5.80. The lowest BCUT2D eigenvalue weighted by Gasteiger charge is -2.21. The summed E-state index contributed by atoms with van der Waals surface area (Å²) < 4.78 is 41.4. The van der Waals surface area contributed by atoms with E-state index < -0.39 is 51.4 Å². The fourth-order valence-electron chi connectivity index (χ4n) is 7.22. The molecule has 1 saturated heterocycles. The highest BCUT2D eigenvalue weighted by Crippen LogP contribution is 2.45. The van der Waals surface area contributed by atoms with Crippen molar-refractivity contribution in [3.05, 3.63) is 91.5 Å². The highest BCUT2D eigenvalue weighted by atomic mass is 32.2. The van der Waals surface area contributed by atoms with E-state index in [9.17, 15) is 27.6 Å². The van der Waals surface area contributed by atoms with Crippen LogP contribution in [0.15, 0.2) is 96.4 Å². The van der Waals surface area contributed by atoms with Gasteiger partial charge in [-0.05, 0) is 43.5 Å². The summed E-state index contributed by atoms with van der Waals surface area (Å²) in [5.41, 5.74) is 0.786. The molecule has 3 amide bonds. The van der Waals surface area contributed by atoms with E-state index in [-0.39, 0.29) is 42.2 Å². The molecule has 1 aliphatic heterocycles. The summed E-state index contributed by atoms with van der Waals surface area (Å²) >= 11 is 0. The average molecular weight is 812 g/mol. The third kappa shape index (κ3) is 10.2. The first kappa shape index (κ1) is 41.8. The van der Waals surface area contributed by atoms with Crippen molar-refractivity contribution in [3.63, 3.8) is 0 Å². The van der Waals surface area contributed by atoms with Gasteiger partial charge in [0, 0.05) is 54.8 Å². The van der Waals surface area contributed by atoms with Crippen LogP contribution in [0.5, 0.6) is 11.5 Å². The Morgan fingerprint density at radius 2 is 1.66 bits per heavy atom. The fourth-order valence-corrected chi connectivity index (χ4v) is 8.43. The standard InChI is InChI=1S/C43H49N5O9S/c1-3-29-26-43(29,42(53)48-58(54,55)38-18-14-13-17-33(38)46-39(49)19-11-6-4-5-7-12-20-40(50)51)47-41(52)36-24-31(27-44-36)57-37-25-34(28-15-9-8-10-16-28)45-35-23-30(56-2)21-22-32(35)37/h3,8-10,13-18,21-23,25,29,31,36,44H,1,4-7,11-12,19-20,24,26-27H2,2H3,(H,46,49)(H,47,52)(H,48,53)(H,50,51)/t29-,31-,36+,43-/m1/s1. The lowest BCUT2D eigenvalue weighted by Crippen LogP contribution is -2.55. The number of carboxylic acids is 1. The van der Waals surface area contributed by atoms with Gasteiger partial charge in [-0.1, -0.05) is 74.2 Å². The molecule has 15 heteroatoms. The van der Waals surface area contributed by atoms with Crippen molar-refractivity contribution in [3.8, 4) is 22.8 Å². The van der Waals surface area contributed by atoms with E-state index in [4.69, 9.17) is 19.6 Å². The number of hydrogen-bond acceptors (Lipinski definition) is 10. The number of aliphatic carboxylic acids is 1. The lowest BCUT2D eigenvalue weighted by molar-refractivity contribution is -0.137. The van der Waals surface area contributed by atoms with E-state index in [1.54, 1.807) is 13.2 Å². The number of hydrogen-bond donors (Lipinski definition) is 5. The number of nitrogens with one attached hydrogen (secondary N) is 4. The molecule has 5 N–H and O–H groups in total. The number of fused-ring (bicyclic) bond motifs is 1. The quantitative estimate of drug-likeness (QED) is 0.0539. The van der Waals surface area contributed by atoms with Gasteiger partial charge in [-0.2, -0.15) is 0 Å². The molecule has 1 saturated carbocycles. The molecule has 2 aliphatic rings. The number of benzene rings is 3. The Morgan fingerprint density at radius 1 is 0.948 bits per heavy atom. The van der Waals surface area contributed by atoms with Crippen molar-refractivity contribution in [2.45, 2.75) is 86.8 Å². The van der Waals surface area contributed by atoms with Gasteiger partial charge in [0.05, 0.1) is 30.0 Å². The van der Waals surface area contributed by atoms with Crippen molar-refractivity contribution in [2.75, 3.05) is 19.0 Å². The molecular weight excluding hydrogens is 763 g/mol. The molecule has 4 aromatic rings. The number of amides is 3. The maximum Gasteiger partial charge on any atom is 0.303 e. The molecule has 0 unspecified atom stereocenters. The number of pyridine rings is 1. The maximum absolute atomic E-state index is 13.8. The highest BCUT2D eigenvalue weighted by molar-refractivity contribution is 7.90. The molecule has 0 radical (unpaired) electrons. The zero-order chi connectivity index (χ0) is 41.3. The number of sulfonamides is 1. The van der Waals surface area contributed by atoms with Gasteiger partial charge in [-0.3, -0.25) is 19.2 Å². The van der Waals surface area contributed by atoms with Gasteiger partial charge >= 0.3 is 5.97 Å². The van der Waals surface area contributed by atoms with Crippen LogP contribution in [0.4, 0.5) is 5.69 Å². The smallest absolute Gasteiger partial charge is 0.303 e. The molecular formula is C43H49N5O9S. The summed E-state index contributed by atoms with van der Waals surface area (Å²) in [5.74, 6) is -1.85. The third-order valence-corrected chi connectivity index (χ3v) is 11.9. The molecule has 2 heterocycles. The molecule has 58 heavy (non-hydrogen) atoms. The molecule has 0 bridgehead atoms. The summed E-state index contributed by atoms with van der Waals surface area (Å²) in [5, 5.41) is 18.2. The number of methoxy groups -OCH3 is 1. The number of aromatic nitrogens is 1. The predicted octanol–water partition coefficient (Wildman–Crippen LogP) is 5.73. The van der Waals surface area contributed by atoms with Crippen LogP contribution in [0.25, 0.3) is 22.2 Å². The molecule has 2 fully saturated rings. The summed E-state index contributed by atoms with van der Waals surface area (Å²) in [4.78, 5) is 55.4. The predicted molar refractivity (Wildman–Crippen MR) is 219 cm³/mol. The largest absolute Gasteiger partial charge is 0.497 e. The van der Waals surface area contributed by atoms with Crippen LogP contribution in [-0.4, -0.2) is 73.5 Å². The van der Waals surface area contributed by atoms with Gasteiger partial charge < -0.3 is 30.5 Å². The van der Waals surface area contributed by atoms with Crippen LogP contribution >= 0.6 is 0 Å². The van der Waals surface area contributed by atoms with Crippen molar-refractivity contribution >= 4 is 50.3 Å². The normalized spacial score (nSPS) is 19.8. The summed E-state index contributed by atoms with van der Waals surface area (Å²) in [6, 6.07) is 22.2. The van der Waals surface area contributed by atoms with Crippen LogP contribution in [0.1, 0.15) is 64.2 Å². The van der Waals surface area contributed by atoms with Crippen LogP contribution in [0.3, 0.4) is 0 Å². The Kier molecular flexibility index (Phi) is 13.4. The van der Waals surface area contributed by atoms with E-state index in [1.165, 1.54) is 24.3 Å². The van der Waals surface area contributed by atoms with Gasteiger partial charge in [0.2, 0.25) is 11.8 Å². The number of ether oxygens (including phenoxy) is 2. The van der Waals surface area contributed by atoms with Gasteiger partial charge in [-0.15, -0.1) is 6.58 Å². The summed E-state index contributed by atoms with van der Waals surface area (Å²) in [7, 11) is -2.90. The second kappa shape index (κ2) is 18.6. The van der Waals surface area contributed by atoms with Crippen molar-refractivity contribution < 1.29 is 42.2 Å². The van der Waals surface area contributed by atoms with Crippen LogP contribution in [0.2, 0.25) is 0 Å². The molecule has 14 nitrogen and oxygen atoms in total. The van der Waals surface area contributed by atoms with Crippen molar-refractivity contribution in [1.82, 2.24) is 20.3 Å². The fraction of sp³-hybridized carbons (Fsp3) is 0.372. The van der Waals surface area contributed by atoms with Crippen molar-refractivity contribution in [1.29, 1.82) is 0 Å². The van der Waals surface area contributed by atoms with Crippen LogP contribution in [0, 0.1) is 5.92 Å². The third-order valence-electron chi connectivity index (χ3n) is 10.5. The molecule has 1 aliphatic carbocycles. The van der Waals surface area contributed by atoms with E-state index in [2.05, 4.69) is 27.3 Å². The number of carbonyl (C=O) groups is 4. The first-order valence-electron chi connectivity index (χ1n) is 19.5. The SMILES string of the molecule is C=C[C@@H]1C[C@]1(NC(=O)[C@@H]1C[C@@H](Oc2cc(-c3ccccc3)nc3cc(OC)ccc23)CN1)C(=O)NS(=O)(=O)c1ccccc1NC(=O)CCCCCCCCC(=O)O.